The van der Waals surface area contributed by atoms with Crippen molar-refractivity contribution in [3.63, 3.8) is 0 Å². The van der Waals surface area contributed by atoms with Crippen molar-refractivity contribution >= 4 is 26.5 Å². The molecule has 55 heavy (non-hydrogen) atoms. The zero-order valence-corrected chi connectivity index (χ0v) is 36.2. The second kappa shape index (κ2) is 16.3. The molecule has 2 N–H and O–H groups in total. The fraction of sp³-hybridized carbons (Fsp3) is 0.442. The van der Waals surface area contributed by atoms with Gasteiger partial charge in [-0.1, -0.05) is 127 Å². The number of aromatic hydroxyl groups is 2. The molecule has 0 spiro atoms. The number of aryl methyl sites for hydroxylation is 1. The maximum absolute atomic E-state index is 13.1. The molecule has 0 saturated heterocycles. The molecule has 0 heterocycles. The van der Waals surface area contributed by atoms with E-state index in [-0.39, 0.29) is 22.3 Å². The number of alkyl halides is 6. The third-order valence-corrected chi connectivity index (χ3v) is 15.4. The summed E-state index contributed by atoms with van der Waals surface area (Å²) in [5.74, 6) is 1.89. The van der Waals surface area contributed by atoms with Crippen LogP contribution < -0.4 is 19.8 Å². The molecule has 4 nitrogen and oxygen atoms in total. The summed E-state index contributed by atoms with van der Waals surface area (Å²) < 4.78 is 89.6. The smallest absolute Gasteiger partial charge is 0.416 e. The van der Waals surface area contributed by atoms with Gasteiger partial charge in [-0.25, -0.2) is 0 Å². The van der Waals surface area contributed by atoms with Crippen molar-refractivity contribution in [2.45, 2.75) is 112 Å². The molecule has 0 aromatic heterocycles. The fourth-order valence-corrected chi connectivity index (χ4v) is 9.47. The van der Waals surface area contributed by atoms with Crippen LogP contribution in [0.25, 0.3) is 0 Å². The molecule has 0 fully saturated rings. The maximum atomic E-state index is 13.1. The first-order valence-electron chi connectivity index (χ1n) is 18.1. The summed E-state index contributed by atoms with van der Waals surface area (Å²) in [4.78, 5) is 0. The van der Waals surface area contributed by atoms with Crippen LogP contribution in [0.5, 0.6) is 23.0 Å². The summed E-state index contributed by atoms with van der Waals surface area (Å²) in [6.07, 6.45) is -7.89. The summed E-state index contributed by atoms with van der Waals surface area (Å²) >= 11 is 0. The second-order valence-electron chi connectivity index (χ2n) is 17.7. The molecule has 0 radical (unpaired) electrons. The van der Waals surface area contributed by atoms with Crippen LogP contribution in [0.3, 0.4) is 0 Å². The number of phenolic OH excluding ortho intramolecular Hbond substituents is 2. The van der Waals surface area contributed by atoms with Crippen molar-refractivity contribution in [3.8, 4) is 23.0 Å². The molecule has 0 aliphatic carbocycles. The van der Waals surface area contributed by atoms with E-state index in [1.807, 2.05) is 87.5 Å². The maximum Gasteiger partial charge on any atom is 0.416 e. The molecular formula is C43H56F6O4Si2. The molecule has 0 unspecified atom stereocenters. The Kier molecular flexibility index (Phi) is 13.5. The van der Waals surface area contributed by atoms with Gasteiger partial charge in [0.2, 0.25) is 0 Å². The lowest BCUT2D eigenvalue weighted by Crippen LogP contribution is -2.47. The molecule has 0 bridgehead atoms. The van der Waals surface area contributed by atoms with E-state index in [0.717, 1.165) is 51.2 Å². The SMILES string of the molecule is CC(C)(C)c1cc(OC[Si](C)(C)c2cccc(C(F)(F)F)c2)cc(C(C)(C)C)c1O.Cc1cc(OC[Si](C)(C)c2ccc(C(F)(F)F)cc2)c(C)c(C)c1O. The van der Waals surface area contributed by atoms with Gasteiger partial charge in [0.15, 0.2) is 0 Å². The molecule has 0 saturated carbocycles. The highest BCUT2D eigenvalue weighted by Crippen LogP contribution is 2.42. The van der Waals surface area contributed by atoms with Crippen LogP contribution in [-0.4, -0.2) is 38.8 Å². The largest absolute Gasteiger partial charge is 0.507 e. The van der Waals surface area contributed by atoms with Gasteiger partial charge in [-0.15, -0.1) is 0 Å². The van der Waals surface area contributed by atoms with Gasteiger partial charge in [0.25, 0.3) is 0 Å². The first-order valence-corrected chi connectivity index (χ1v) is 24.6. The van der Waals surface area contributed by atoms with Gasteiger partial charge < -0.3 is 19.7 Å². The van der Waals surface area contributed by atoms with Crippen LogP contribution in [0, 0.1) is 20.8 Å². The van der Waals surface area contributed by atoms with Crippen molar-refractivity contribution < 1.29 is 46.0 Å². The first-order chi connectivity index (χ1) is 24.9. The Morgan fingerprint density at radius 2 is 1.02 bits per heavy atom. The molecule has 302 valence electrons. The average molecular weight is 807 g/mol. The highest BCUT2D eigenvalue weighted by atomic mass is 28.3. The van der Waals surface area contributed by atoms with E-state index >= 15 is 0 Å². The highest BCUT2D eigenvalue weighted by Gasteiger charge is 2.34. The Bertz CT molecular complexity index is 1920. The van der Waals surface area contributed by atoms with Gasteiger partial charge >= 0.3 is 12.4 Å². The number of hydrogen-bond donors (Lipinski definition) is 2. The predicted molar refractivity (Wildman–Crippen MR) is 216 cm³/mol. The number of hydrogen-bond acceptors (Lipinski definition) is 4. The standard InChI is InChI=1S/C24H33F3O2Si.C19H23F3O2Si/c1-22(2,3)19-13-17(14-20(21(19)28)23(4,5)6)29-15-30(7,8)18-11-9-10-16(12-18)24(25,26)27;1-12-10-17(13(2)14(3)18(12)23)24-11-25(4,5)16-8-6-15(7-9-16)19(20,21)22/h9-14,28H,15H2,1-8H3;6-10,23H,11H2,1-5H3. The van der Waals surface area contributed by atoms with E-state index in [0.29, 0.717) is 29.1 Å². The predicted octanol–water partition coefficient (Wildman–Crippen LogP) is 11.4. The van der Waals surface area contributed by atoms with Crippen LogP contribution in [0.15, 0.2) is 66.7 Å². The zero-order chi connectivity index (χ0) is 42.1. The van der Waals surface area contributed by atoms with E-state index in [9.17, 15) is 36.6 Å². The Morgan fingerprint density at radius 3 is 1.49 bits per heavy atom. The van der Waals surface area contributed by atoms with Crippen LogP contribution in [-0.2, 0) is 23.2 Å². The molecule has 4 rings (SSSR count). The van der Waals surface area contributed by atoms with Crippen LogP contribution in [0.1, 0.15) is 80.5 Å². The Balaban J connectivity index is 0.000000300. The lowest BCUT2D eigenvalue weighted by atomic mass is 9.79. The summed E-state index contributed by atoms with van der Waals surface area (Å²) in [7, 11) is -4.36. The summed E-state index contributed by atoms with van der Waals surface area (Å²) in [6, 6.07) is 16.4. The van der Waals surface area contributed by atoms with E-state index in [1.165, 1.54) is 12.1 Å². The van der Waals surface area contributed by atoms with Crippen molar-refractivity contribution in [2.24, 2.45) is 0 Å². The zero-order valence-electron chi connectivity index (χ0n) is 34.2. The second-order valence-corrected chi connectivity index (χ2v) is 26.9. The van der Waals surface area contributed by atoms with E-state index in [1.54, 1.807) is 24.3 Å². The average Bonchev–Trinajstić information content (AvgIpc) is 3.06. The quantitative estimate of drug-likeness (QED) is 0.138. The minimum atomic E-state index is -4.36. The van der Waals surface area contributed by atoms with Gasteiger partial charge in [0.05, 0.1) is 23.6 Å². The Morgan fingerprint density at radius 1 is 0.545 bits per heavy atom. The molecule has 0 aliphatic rings. The fourth-order valence-electron chi connectivity index (χ4n) is 5.93. The number of benzene rings is 4. The van der Waals surface area contributed by atoms with Crippen LogP contribution in [0.4, 0.5) is 26.3 Å². The monoisotopic (exact) mass is 806 g/mol. The molecule has 4 aromatic carbocycles. The van der Waals surface area contributed by atoms with Crippen molar-refractivity contribution in [1.82, 2.24) is 0 Å². The van der Waals surface area contributed by atoms with E-state index in [4.69, 9.17) is 9.47 Å². The van der Waals surface area contributed by atoms with Gasteiger partial charge in [-0.3, -0.25) is 0 Å². The van der Waals surface area contributed by atoms with Crippen molar-refractivity contribution in [3.05, 3.63) is 106 Å². The number of phenols is 2. The molecule has 0 atom stereocenters. The highest BCUT2D eigenvalue weighted by molar-refractivity contribution is 6.90. The third kappa shape index (κ3) is 11.6. The van der Waals surface area contributed by atoms with Gasteiger partial charge in [-0.2, -0.15) is 26.3 Å². The van der Waals surface area contributed by atoms with Gasteiger partial charge in [0, 0.05) is 11.1 Å². The summed E-state index contributed by atoms with van der Waals surface area (Å²) in [6.45, 7) is 25.8. The molecular weight excluding hydrogens is 751 g/mol. The van der Waals surface area contributed by atoms with Gasteiger partial charge in [-0.05, 0) is 66.5 Å². The summed E-state index contributed by atoms with van der Waals surface area (Å²) in [5.41, 5.74) is 2.16. The first kappa shape index (κ1) is 45.5. The molecule has 0 amide bonds. The summed E-state index contributed by atoms with van der Waals surface area (Å²) in [5, 5.41) is 22.4. The molecule has 12 heteroatoms. The third-order valence-electron chi connectivity index (χ3n) is 9.86. The normalized spacial score (nSPS) is 12.9. The number of ether oxygens (including phenoxy) is 2. The van der Waals surface area contributed by atoms with Crippen LogP contribution in [0.2, 0.25) is 26.2 Å². The van der Waals surface area contributed by atoms with E-state index in [2.05, 4.69) is 13.1 Å². The van der Waals surface area contributed by atoms with Crippen molar-refractivity contribution in [2.75, 3.05) is 12.5 Å². The Labute approximate surface area is 324 Å². The minimum Gasteiger partial charge on any atom is -0.507 e. The van der Waals surface area contributed by atoms with E-state index < -0.39 is 39.6 Å². The number of halogens is 6. The van der Waals surface area contributed by atoms with Crippen molar-refractivity contribution in [1.29, 1.82) is 0 Å². The minimum absolute atomic E-state index is 0.268. The topological polar surface area (TPSA) is 58.9 Å². The molecule has 0 aliphatic heterocycles. The molecule has 4 aromatic rings. The number of rotatable bonds is 8. The lowest BCUT2D eigenvalue weighted by Gasteiger charge is -2.29. The Hall–Kier alpha value is -3.91. The van der Waals surface area contributed by atoms with Gasteiger partial charge in [0.1, 0.15) is 39.1 Å². The lowest BCUT2D eigenvalue weighted by molar-refractivity contribution is -0.138. The van der Waals surface area contributed by atoms with Crippen LogP contribution >= 0.6 is 0 Å².